The molecule has 0 amide bonds. The highest BCUT2D eigenvalue weighted by atomic mass is 15.2. The molecule has 16 heavy (non-hydrogen) atoms. The summed E-state index contributed by atoms with van der Waals surface area (Å²) in [5.41, 5.74) is 0. The smallest absolute Gasteiger partial charge is 0.127 e. The highest BCUT2D eigenvalue weighted by Gasteiger charge is 2.27. The van der Waals surface area contributed by atoms with E-state index in [0.29, 0.717) is 0 Å². The number of likely N-dealkylation sites (N-methyl/N-ethyl adjacent to an activating group) is 2. The van der Waals surface area contributed by atoms with Crippen LogP contribution in [0.4, 0.5) is 0 Å². The predicted molar refractivity (Wildman–Crippen MR) is 68.3 cm³/mol. The van der Waals surface area contributed by atoms with Gasteiger partial charge in [-0.05, 0) is 6.42 Å². The lowest BCUT2D eigenvalue weighted by Gasteiger charge is -2.32. The summed E-state index contributed by atoms with van der Waals surface area (Å²) in [6.45, 7) is 9.13. The summed E-state index contributed by atoms with van der Waals surface area (Å²) in [6, 6.07) is 0.931. The first-order valence-corrected chi connectivity index (χ1v) is 7.08. The first-order valence-electron chi connectivity index (χ1n) is 7.08. The minimum absolute atomic E-state index is 0.931. The first-order chi connectivity index (χ1) is 7.63. The van der Waals surface area contributed by atoms with E-state index in [1.54, 1.807) is 9.80 Å². The van der Waals surface area contributed by atoms with E-state index in [1.807, 2.05) is 4.90 Å². The van der Waals surface area contributed by atoms with Crippen molar-refractivity contribution < 1.29 is 14.7 Å². The zero-order valence-corrected chi connectivity index (χ0v) is 11.7. The van der Waals surface area contributed by atoms with Gasteiger partial charge in [0.2, 0.25) is 0 Å². The van der Waals surface area contributed by atoms with Crippen LogP contribution in [0.2, 0.25) is 0 Å². The van der Waals surface area contributed by atoms with Crippen LogP contribution < -0.4 is 14.7 Å². The molecule has 1 heterocycles. The third kappa shape index (κ3) is 4.81. The van der Waals surface area contributed by atoms with E-state index in [4.69, 9.17) is 0 Å². The SMILES string of the molecule is CCC[NH+]1CCC([NH+](C)CC[NH+](C)C)CC1. The number of piperidine rings is 1. The van der Waals surface area contributed by atoms with E-state index in [0.717, 1.165) is 6.04 Å². The average Bonchev–Trinajstić information content (AvgIpc) is 2.27. The molecule has 1 unspecified atom stereocenters. The quantitative estimate of drug-likeness (QED) is 0.433. The molecule has 0 saturated carbocycles. The van der Waals surface area contributed by atoms with Gasteiger partial charge in [-0.2, -0.15) is 0 Å². The second-order valence-electron chi connectivity index (χ2n) is 5.83. The lowest BCUT2D eigenvalue weighted by molar-refractivity contribution is -0.965. The lowest BCUT2D eigenvalue weighted by atomic mass is 10.0. The van der Waals surface area contributed by atoms with Gasteiger partial charge in [-0.25, -0.2) is 0 Å². The van der Waals surface area contributed by atoms with Crippen LogP contribution in [0, 0.1) is 0 Å². The average molecular weight is 230 g/mol. The molecule has 1 aliphatic heterocycles. The van der Waals surface area contributed by atoms with Crippen LogP contribution in [-0.4, -0.2) is 59.9 Å². The van der Waals surface area contributed by atoms with Gasteiger partial charge in [0.05, 0.1) is 46.8 Å². The molecule has 1 fully saturated rings. The van der Waals surface area contributed by atoms with Crippen molar-refractivity contribution in [1.82, 2.24) is 0 Å². The molecule has 3 heteroatoms. The maximum Gasteiger partial charge on any atom is 0.127 e. The van der Waals surface area contributed by atoms with Crippen molar-refractivity contribution in [3.8, 4) is 0 Å². The zero-order chi connectivity index (χ0) is 12.0. The molecule has 96 valence electrons. The number of quaternary nitrogens is 3. The summed E-state index contributed by atoms with van der Waals surface area (Å²) in [6.07, 6.45) is 4.21. The number of likely N-dealkylation sites (tertiary alicyclic amines) is 1. The Labute approximate surface area is 101 Å². The Morgan fingerprint density at radius 2 is 1.69 bits per heavy atom. The van der Waals surface area contributed by atoms with Gasteiger partial charge in [-0.15, -0.1) is 0 Å². The Morgan fingerprint density at radius 3 is 2.19 bits per heavy atom. The second-order valence-corrected chi connectivity index (χ2v) is 5.83. The maximum atomic E-state index is 2.39. The van der Waals surface area contributed by atoms with Gasteiger partial charge in [-0.3, -0.25) is 0 Å². The van der Waals surface area contributed by atoms with Crippen LogP contribution in [0.15, 0.2) is 0 Å². The minimum atomic E-state index is 0.931. The Bertz CT molecular complexity index is 174. The Hall–Kier alpha value is -0.120. The molecule has 0 aromatic rings. The fourth-order valence-corrected chi connectivity index (χ4v) is 2.77. The van der Waals surface area contributed by atoms with Crippen molar-refractivity contribution in [2.75, 3.05) is 53.9 Å². The fraction of sp³-hybridized carbons (Fsp3) is 1.00. The number of nitrogens with one attached hydrogen (secondary N) is 3. The first kappa shape index (κ1) is 13.9. The van der Waals surface area contributed by atoms with E-state index in [9.17, 15) is 0 Å². The molecule has 0 radical (unpaired) electrons. The Morgan fingerprint density at radius 1 is 1.06 bits per heavy atom. The highest BCUT2D eigenvalue weighted by molar-refractivity contribution is 4.59. The number of rotatable bonds is 6. The monoisotopic (exact) mass is 230 g/mol. The van der Waals surface area contributed by atoms with E-state index >= 15 is 0 Å². The van der Waals surface area contributed by atoms with Crippen molar-refractivity contribution in [2.24, 2.45) is 0 Å². The standard InChI is InChI=1S/C13H29N3/c1-5-8-16-9-6-13(7-10-16)15(4)12-11-14(2)3/h13H,5-12H2,1-4H3/p+3. The van der Waals surface area contributed by atoms with Crippen LogP contribution in [-0.2, 0) is 0 Å². The molecule has 0 aromatic carbocycles. The van der Waals surface area contributed by atoms with Crippen LogP contribution in [0.3, 0.4) is 0 Å². The van der Waals surface area contributed by atoms with E-state index in [1.165, 1.54) is 52.0 Å². The fourth-order valence-electron chi connectivity index (χ4n) is 2.77. The summed E-state index contributed by atoms with van der Waals surface area (Å²) < 4.78 is 0. The third-order valence-electron chi connectivity index (χ3n) is 4.01. The predicted octanol–water partition coefficient (Wildman–Crippen LogP) is -2.90. The highest BCUT2D eigenvalue weighted by Crippen LogP contribution is 1.94. The van der Waals surface area contributed by atoms with Crippen molar-refractivity contribution in [2.45, 2.75) is 32.2 Å². The van der Waals surface area contributed by atoms with E-state index in [2.05, 4.69) is 28.1 Å². The molecule has 3 nitrogen and oxygen atoms in total. The Balaban J connectivity index is 2.19. The molecule has 3 N–H and O–H groups in total. The summed E-state index contributed by atoms with van der Waals surface area (Å²) in [5, 5.41) is 0. The number of hydrogen-bond donors (Lipinski definition) is 3. The maximum absolute atomic E-state index is 2.39. The van der Waals surface area contributed by atoms with Gasteiger partial charge in [0.25, 0.3) is 0 Å². The number of hydrogen-bond acceptors (Lipinski definition) is 0. The summed E-state index contributed by atoms with van der Waals surface area (Å²) in [4.78, 5) is 5.18. The molecular formula is C13H32N3+3. The molecular weight excluding hydrogens is 198 g/mol. The van der Waals surface area contributed by atoms with Crippen LogP contribution in [0.5, 0.6) is 0 Å². The molecule has 1 rings (SSSR count). The topological polar surface area (TPSA) is 13.3 Å². The third-order valence-corrected chi connectivity index (χ3v) is 4.01. The van der Waals surface area contributed by atoms with Gasteiger partial charge in [0.1, 0.15) is 13.1 Å². The van der Waals surface area contributed by atoms with Crippen LogP contribution >= 0.6 is 0 Å². The lowest BCUT2D eigenvalue weighted by Crippen LogP contribution is -3.21. The van der Waals surface area contributed by atoms with E-state index < -0.39 is 0 Å². The summed E-state index contributed by atoms with van der Waals surface area (Å²) in [7, 11) is 6.89. The van der Waals surface area contributed by atoms with Crippen LogP contribution in [0.25, 0.3) is 0 Å². The normalized spacial score (nSPS) is 28.3. The molecule has 1 saturated heterocycles. The van der Waals surface area contributed by atoms with Gasteiger partial charge in [-0.1, -0.05) is 6.92 Å². The molecule has 0 spiro atoms. The van der Waals surface area contributed by atoms with Crippen molar-refractivity contribution in [3.63, 3.8) is 0 Å². The largest absolute Gasteiger partial charge is 0.335 e. The van der Waals surface area contributed by atoms with Gasteiger partial charge in [0, 0.05) is 12.8 Å². The molecule has 0 aromatic heterocycles. The summed E-state index contributed by atoms with van der Waals surface area (Å²) >= 11 is 0. The molecule has 1 atom stereocenters. The van der Waals surface area contributed by atoms with Gasteiger partial charge < -0.3 is 14.7 Å². The molecule has 0 aliphatic carbocycles. The molecule has 1 aliphatic rings. The van der Waals surface area contributed by atoms with E-state index in [-0.39, 0.29) is 0 Å². The minimum Gasteiger partial charge on any atom is -0.335 e. The van der Waals surface area contributed by atoms with Crippen LogP contribution in [0.1, 0.15) is 26.2 Å². The van der Waals surface area contributed by atoms with Crippen molar-refractivity contribution >= 4 is 0 Å². The summed E-state index contributed by atoms with van der Waals surface area (Å²) in [5.74, 6) is 0. The van der Waals surface area contributed by atoms with Gasteiger partial charge in [0.15, 0.2) is 0 Å². The van der Waals surface area contributed by atoms with Crippen molar-refractivity contribution in [3.05, 3.63) is 0 Å². The Kier molecular flexibility index (Phi) is 6.32. The van der Waals surface area contributed by atoms with Gasteiger partial charge >= 0.3 is 0 Å². The van der Waals surface area contributed by atoms with Crippen molar-refractivity contribution in [1.29, 1.82) is 0 Å². The zero-order valence-electron chi connectivity index (χ0n) is 11.7. The second kappa shape index (κ2) is 7.25. The molecule has 0 bridgehead atoms.